The number of nitrogens with zero attached hydrogens (tertiary/aromatic N) is 1. The molecule has 0 radical (unpaired) electrons. The Labute approximate surface area is 125 Å². The summed E-state index contributed by atoms with van der Waals surface area (Å²) in [6.07, 6.45) is 3.76. The third-order valence-corrected chi connectivity index (χ3v) is 3.96. The molecule has 0 saturated carbocycles. The van der Waals surface area contributed by atoms with Crippen molar-refractivity contribution in [2.75, 3.05) is 32.7 Å². The Morgan fingerprint density at radius 1 is 1.20 bits per heavy atom. The summed E-state index contributed by atoms with van der Waals surface area (Å²) in [5.41, 5.74) is 5.62. The Balaban J connectivity index is 3.82. The Morgan fingerprint density at radius 2 is 1.90 bits per heavy atom. The normalized spacial score (nSPS) is 12.9. The van der Waals surface area contributed by atoms with E-state index in [-0.39, 0.29) is 5.91 Å². The van der Waals surface area contributed by atoms with Gasteiger partial charge in [0.1, 0.15) is 0 Å². The maximum atomic E-state index is 11.8. The van der Waals surface area contributed by atoms with Crippen molar-refractivity contribution < 1.29 is 4.79 Å². The minimum absolute atomic E-state index is 0.181. The van der Waals surface area contributed by atoms with Gasteiger partial charge in [-0.2, -0.15) is 0 Å². The van der Waals surface area contributed by atoms with E-state index in [9.17, 15) is 4.79 Å². The number of carbonyl (C=O) groups excluding carboxylic acids is 1. The predicted octanol–water partition coefficient (Wildman–Crippen LogP) is 2.24. The van der Waals surface area contributed by atoms with Crippen LogP contribution >= 0.6 is 0 Å². The lowest BCUT2D eigenvalue weighted by Crippen LogP contribution is -2.35. The minimum Gasteiger partial charge on any atom is -0.355 e. The molecule has 0 aromatic carbocycles. The fourth-order valence-corrected chi connectivity index (χ4v) is 2.53. The van der Waals surface area contributed by atoms with Gasteiger partial charge in [0.2, 0.25) is 5.91 Å². The molecule has 120 valence electrons. The molecule has 0 heterocycles. The Kier molecular flexibility index (Phi) is 11.8. The van der Waals surface area contributed by atoms with Crippen molar-refractivity contribution in [3.8, 4) is 0 Å². The number of likely N-dealkylation sites (N-methyl/N-ethyl adjacent to an activating group) is 1. The summed E-state index contributed by atoms with van der Waals surface area (Å²) in [5.74, 6) is 1.35. The van der Waals surface area contributed by atoms with Crippen LogP contribution in [0.1, 0.15) is 53.4 Å². The molecule has 0 aliphatic rings. The summed E-state index contributed by atoms with van der Waals surface area (Å²) < 4.78 is 0. The topological polar surface area (TPSA) is 58.4 Å². The van der Waals surface area contributed by atoms with Crippen LogP contribution in [0.15, 0.2) is 0 Å². The summed E-state index contributed by atoms with van der Waals surface area (Å²) in [6, 6.07) is 0. The maximum Gasteiger partial charge on any atom is 0.220 e. The van der Waals surface area contributed by atoms with Crippen LogP contribution in [0.5, 0.6) is 0 Å². The molecule has 0 spiro atoms. The molecular formula is C16H35N3O. The van der Waals surface area contributed by atoms with E-state index in [2.05, 4.69) is 37.9 Å². The highest BCUT2D eigenvalue weighted by Crippen LogP contribution is 2.20. The number of hydrogen-bond acceptors (Lipinski definition) is 3. The average molecular weight is 285 g/mol. The van der Waals surface area contributed by atoms with E-state index < -0.39 is 0 Å². The SMILES string of the molecule is CCCN(CC)CCNC(=O)CCC(CCN)C(C)C. The molecule has 1 unspecified atom stereocenters. The van der Waals surface area contributed by atoms with Crippen LogP contribution in [-0.2, 0) is 4.79 Å². The van der Waals surface area contributed by atoms with E-state index >= 15 is 0 Å². The van der Waals surface area contributed by atoms with E-state index in [1.54, 1.807) is 0 Å². The van der Waals surface area contributed by atoms with Gasteiger partial charge < -0.3 is 16.0 Å². The van der Waals surface area contributed by atoms with Crippen LogP contribution in [0.4, 0.5) is 0 Å². The quantitative estimate of drug-likeness (QED) is 0.578. The third kappa shape index (κ3) is 9.32. The zero-order valence-corrected chi connectivity index (χ0v) is 14.0. The van der Waals surface area contributed by atoms with Crippen molar-refractivity contribution in [3.63, 3.8) is 0 Å². The summed E-state index contributed by atoms with van der Waals surface area (Å²) in [5, 5.41) is 3.03. The van der Waals surface area contributed by atoms with Gasteiger partial charge >= 0.3 is 0 Å². The average Bonchev–Trinajstić information content (AvgIpc) is 2.42. The molecule has 0 bridgehead atoms. The lowest BCUT2D eigenvalue weighted by molar-refractivity contribution is -0.121. The Hall–Kier alpha value is -0.610. The lowest BCUT2D eigenvalue weighted by atomic mass is 9.88. The number of rotatable bonds is 12. The number of nitrogens with two attached hydrogens (primary N) is 1. The highest BCUT2D eigenvalue weighted by molar-refractivity contribution is 5.75. The fraction of sp³-hybridized carbons (Fsp3) is 0.938. The number of amides is 1. The molecule has 0 aromatic rings. The molecule has 0 aliphatic heterocycles. The second-order valence-electron chi connectivity index (χ2n) is 5.90. The van der Waals surface area contributed by atoms with Gasteiger partial charge in [0.05, 0.1) is 0 Å². The summed E-state index contributed by atoms with van der Waals surface area (Å²) in [4.78, 5) is 14.2. The van der Waals surface area contributed by atoms with Crippen molar-refractivity contribution in [2.24, 2.45) is 17.6 Å². The van der Waals surface area contributed by atoms with Gasteiger partial charge in [-0.05, 0) is 50.7 Å². The molecule has 0 rings (SSSR count). The van der Waals surface area contributed by atoms with Crippen molar-refractivity contribution in [1.29, 1.82) is 0 Å². The summed E-state index contributed by atoms with van der Waals surface area (Å²) in [6.45, 7) is 13.4. The van der Waals surface area contributed by atoms with E-state index in [1.165, 1.54) is 0 Å². The summed E-state index contributed by atoms with van der Waals surface area (Å²) >= 11 is 0. The number of carbonyl (C=O) groups is 1. The molecule has 0 aromatic heterocycles. The largest absolute Gasteiger partial charge is 0.355 e. The first-order chi connectivity index (χ1) is 9.54. The van der Waals surface area contributed by atoms with Crippen LogP contribution < -0.4 is 11.1 Å². The highest BCUT2D eigenvalue weighted by Gasteiger charge is 2.14. The summed E-state index contributed by atoms with van der Waals surface area (Å²) in [7, 11) is 0. The van der Waals surface area contributed by atoms with Gasteiger partial charge in [-0.15, -0.1) is 0 Å². The second kappa shape index (κ2) is 12.2. The first kappa shape index (κ1) is 19.4. The molecule has 1 amide bonds. The van der Waals surface area contributed by atoms with Gasteiger partial charge in [-0.1, -0.05) is 27.7 Å². The van der Waals surface area contributed by atoms with Crippen molar-refractivity contribution in [2.45, 2.75) is 53.4 Å². The monoisotopic (exact) mass is 285 g/mol. The number of hydrogen-bond donors (Lipinski definition) is 2. The second-order valence-corrected chi connectivity index (χ2v) is 5.90. The standard InChI is InChI=1S/C16H35N3O/c1-5-12-19(6-2)13-11-18-16(20)8-7-15(9-10-17)14(3)4/h14-15H,5-13,17H2,1-4H3,(H,18,20). The van der Waals surface area contributed by atoms with Crippen LogP contribution in [0.2, 0.25) is 0 Å². The Morgan fingerprint density at radius 3 is 2.40 bits per heavy atom. The fourth-order valence-electron chi connectivity index (χ4n) is 2.53. The molecule has 1 atom stereocenters. The maximum absolute atomic E-state index is 11.8. The van der Waals surface area contributed by atoms with Gasteiger partial charge in [0, 0.05) is 19.5 Å². The van der Waals surface area contributed by atoms with Gasteiger partial charge in [0.25, 0.3) is 0 Å². The lowest BCUT2D eigenvalue weighted by Gasteiger charge is -2.21. The first-order valence-corrected chi connectivity index (χ1v) is 8.24. The van der Waals surface area contributed by atoms with E-state index in [0.29, 0.717) is 24.8 Å². The molecule has 4 heteroatoms. The first-order valence-electron chi connectivity index (χ1n) is 8.24. The molecule has 0 aliphatic carbocycles. The van der Waals surface area contributed by atoms with E-state index in [0.717, 1.165) is 45.4 Å². The van der Waals surface area contributed by atoms with E-state index in [4.69, 9.17) is 5.73 Å². The zero-order valence-electron chi connectivity index (χ0n) is 14.0. The molecule has 0 fully saturated rings. The van der Waals surface area contributed by atoms with Gasteiger partial charge in [0.15, 0.2) is 0 Å². The molecule has 4 nitrogen and oxygen atoms in total. The van der Waals surface area contributed by atoms with E-state index in [1.807, 2.05) is 0 Å². The number of nitrogens with one attached hydrogen (secondary N) is 1. The highest BCUT2D eigenvalue weighted by atomic mass is 16.1. The van der Waals surface area contributed by atoms with Crippen molar-refractivity contribution in [3.05, 3.63) is 0 Å². The minimum atomic E-state index is 0.181. The smallest absolute Gasteiger partial charge is 0.220 e. The van der Waals surface area contributed by atoms with Crippen molar-refractivity contribution >= 4 is 5.91 Å². The third-order valence-electron chi connectivity index (χ3n) is 3.96. The molecule has 0 saturated heterocycles. The predicted molar refractivity (Wildman–Crippen MR) is 86.6 cm³/mol. The van der Waals surface area contributed by atoms with Crippen LogP contribution in [-0.4, -0.2) is 43.5 Å². The van der Waals surface area contributed by atoms with Gasteiger partial charge in [-0.25, -0.2) is 0 Å². The van der Waals surface area contributed by atoms with Crippen LogP contribution in [0.25, 0.3) is 0 Å². The van der Waals surface area contributed by atoms with Crippen LogP contribution in [0, 0.1) is 11.8 Å². The molecule has 20 heavy (non-hydrogen) atoms. The molecule has 3 N–H and O–H groups in total. The van der Waals surface area contributed by atoms with Crippen LogP contribution in [0.3, 0.4) is 0 Å². The zero-order chi connectivity index (χ0) is 15.4. The van der Waals surface area contributed by atoms with Crippen molar-refractivity contribution in [1.82, 2.24) is 10.2 Å². The molecular weight excluding hydrogens is 250 g/mol. The Bertz CT molecular complexity index is 244. The van der Waals surface area contributed by atoms with Gasteiger partial charge in [-0.3, -0.25) is 4.79 Å².